The highest BCUT2D eigenvalue weighted by Gasteiger charge is 1.99. The molecule has 0 atom stereocenters. The van der Waals surface area contributed by atoms with E-state index < -0.39 is 0 Å². The number of esters is 1. The maximum Gasteiger partial charge on any atom is 0.333 e. The summed E-state index contributed by atoms with van der Waals surface area (Å²) in [7, 11) is 1.52. The summed E-state index contributed by atoms with van der Waals surface area (Å²) >= 11 is 0. The van der Waals surface area contributed by atoms with E-state index in [4.69, 9.17) is 4.74 Å². The van der Waals surface area contributed by atoms with E-state index in [2.05, 4.69) is 11.3 Å². The summed E-state index contributed by atoms with van der Waals surface area (Å²) in [4.78, 5) is 10.7. The van der Waals surface area contributed by atoms with E-state index in [9.17, 15) is 4.79 Å². The van der Waals surface area contributed by atoms with Crippen LogP contribution in [-0.2, 0) is 14.3 Å². The molecule has 0 radical (unpaired) electrons. The van der Waals surface area contributed by atoms with E-state index in [1.165, 1.54) is 13.4 Å². The molecule has 0 fully saturated rings. The molecule has 0 heterocycles. The second kappa shape index (κ2) is 5.53. The summed E-state index contributed by atoms with van der Waals surface area (Å²) in [5, 5.41) is 0. The van der Waals surface area contributed by atoms with Crippen molar-refractivity contribution in [2.24, 2.45) is 0 Å². The van der Waals surface area contributed by atoms with Gasteiger partial charge in [-0.2, -0.15) is 0 Å². The zero-order valence-corrected chi connectivity index (χ0v) is 6.79. The van der Waals surface area contributed by atoms with Gasteiger partial charge in [0, 0.05) is 5.57 Å². The van der Waals surface area contributed by atoms with Crippen molar-refractivity contribution in [1.29, 1.82) is 0 Å². The van der Waals surface area contributed by atoms with Crippen molar-refractivity contribution in [1.82, 2.24) is 0 Å². The van der Waals surface area contributed by atoms with Gasteiger partial charge in [0.05, 0.1) is 13.4 Å². The smallest absolute Gasteiger partial charge is 0.333 e. The lowest BCUT2D eigenvalue weighted by Gasteiger charge is -1.98. The van der Waals surface area contributed by atoms with Crippen molar-refractivity contribution < 1.29 is 14.3 Å². The van der Waals surface area contributed by atoms with Crippen LogP contribution in [0.4, 0.5) is 0 Å². The topological polar surface area (TPSA) is 35.5 Å². The molecular formula is C8H12O3. The van der Waals surface area contributed by atoms with Gasteiger partial charge >= 0.3 is 5.97 Å². The normalized spacial score (nSPS) is 9.64. The predicted octanol–water partition coefficient (Wildman–Crippen LogP) is 1.27. The van der Waals surface area contributed by atoms with Crippen molar-refractivity contribution in [2.75, 3.05) is 13.7 Å². The van der Waals surface area contributed by atoms with E-state index >= 15 is 0 Å². The molecule has 0 unspecified atom stereocenters. The van der Waals surface area contributed by atoms with E-state index in [0.29, 0.717) is 5.57 Å². The summed E-state index contributed by atoms with van der Waals surface area (Å²) in [6.45, 7) is 5.25. The lowest BCUT2D eigenvalue weighted by Crippen LogP contribution is -2.04. The number of ether oxygens (including phenoxy) is 2. The van der Waals surface area contributed by atoms with Gasteiger partial charge in [0.25, 0.3) is 0 Å². The zero-order chi connectivity index (χ0) is 8.69. The molecule has 0 rings (SSSR count). The van der Waals surface area contributed by atoms with Crippen LogP contribution in [0.5, 0.6) is 0 Å². The number of methoxy groups -OCH3 is 1. The van der Waals surface area contributed by atoms with Gasteiger partial charge in [0.15, 0.2) is 0 Å². The maximum atomic E-state index is 10.7. The molecule has 0 aliphatic heterocycles. The Morgan fingerprint density at radius 3 is 2.73 bits per heavy atom. The molecule has 0 aromatic carbocycles. The zero-order valence-electron chi connectivity index (χ0n) is 6.79. The Kier molecular flexibility index (Phi) is 4.90. The molecule has 0 spiro atoms. The molecule has 0 bridgehead atoms. The molecule has 0 aliphatic carbocycles. The van der Waals surface area contributed by atoms with Gasteiger partial charge in [-0.3, -0.25) is 0 Å². The van der Waals surface area contributed by atoms with Gasteiger partial charge < -0.3 is 9.47 Å². The average Bonchev–Trinajstić information content (AvgIpc) is 1.97. The first-order chi connectivity index (χ1) is 5.18. The molecule has 0 aromatic rings. The second-order valence-corrected chi connectivity index (χ2v) is 1.99. The molecule has 11 heavy (non-hydrogen) atoms. The third-order valence-electron chi connectivity index (χ3n) is 0.891. The first-order valence-corrected chi connectivity index (χ1v) is 3.19. The largest absolute Gasteiger partial charge is 0.505 e. The van der Waals surface area contributed by atoms with Crippen LogP contribution in [0.3, 0.4) is 0 Å². The molecular weight excluding hydrogens is 144 g/mol. The molecule has 0 saturated carbocycles. The predicted molar refractivity (Wildman–Crippen MR) is 41.9 cm³/mol. The molecule has 62 valence electrons. The SMILES string of the molecule is C=C(C)C(=O)OCC=COC. The van der Waals surface area contributed by atoms with E-state index in [-0.39, 0.29) is 12.6 Å². The highest BCUT2D eigenvalue weighted by atomic mass is 16.5. The summed E-state index contributed by atoms with van der Waals surface area (Å²) in [6, 6.07) is 0. The highest BCUT2D eigenvalue weighted by molar-refractivity contribution is 5.86. The lowest BCUT2D eigenvalue weighted by atomic mass is 10.4. The van der Waals surface area contributed by atoms with Crippen molar-refractivity contribution in [3.8, 4) is 0 Å². The first kappa shape index (κ1) is 9.75. The Balaban J connectivity index is 3.47. The van der Waals surface area contributed by atoms with Crippen molar-refractivity contribution in [3.63, 3.8) is 0 Å². The van der Waals surface area contributed by atoms with E-state index in [1.807, 2.05) is 0 Å². The third-order valence-corrected chi connectivity index (χ3v) is 0.891. The van der Waals surface area contributed by atoms with Crippen molar-refractivity contribution in [3.05, 3.63) is 24.5 Å². The van der Waals surface area contributed by atoms with Crippen LogP contribution >= 0.6 is 0 Å². The number of rotatable bonds is 4. The van der Waals surface area contributed by atoms with Gasteiger partial charge in [0.1, 0.15) is 6.61 Å². The fourth-order valence-corrected chi connectivity index (χ4v) is 0.383. The number of hydrogen-bond acceptors (Lipinski definition) is 3. The average molecular weight is 156 g/mol. The molecule has 0 aliphatic rings. The highest BCUT2D eigenvalue weighted by Crippen LogP contribution is 1.91. The Hall–Kier alpha value is -1.25. The molecule has 0 aromatic heterocycles. The molecule has 0 N–H and O–H groups in total. The van der Waals surface area contributed by atoms with Crippen LogP contribution in [0, 0.1) is 0 Å². The summed E-state index contributed by atoms with van der Waals surface area (Å²) < 4.78 is 9.29. The van der Waals surface area contributed by atoms with E-state index in [0.717, 1.165) is 0 Å². The van der Waals surface area contributed by atoms with Gasteiger partial charge in [-0.25, -0.2) is 4.79 Å². The second-order valence-electron chi connectivity index (χ2n) is 1.99. The van der Waals surface area contributed by atoms with Crippen molar-refractivity contribution >= 4 is 5.97 Å². The molecule has 0 amide bonds. The maximum absolute atomic E-state index is 10.7. The van der Waals surface area contributed by atoms with Gasteiger partial charge in [-0.1, -0.05) is 6.58 Å². The fourth-order valence-electron chi connectivity index (χ4n) is 0.383. The Morgan fingerprint density at radius 2 is 2.27 bits per heavy atom. The minimum Gasteiger partial charge on any atom is -0.505 e. The molecule has 3 heteroatoms. The fraction of sp³-hybridized carbons (Fsp3) is 0.375. The number of carbonyl (C=O) groups excluding carboxylic acids is 1. The van der Waals surface area contributed by atoms with Crippen LogP contribution in [0.2, 0.25) is 0 Å². The Morgan fingerprint density at radius 1 is 1.64 bits per heavy atom. The molecule has 3 nitrogen and oxygen atoms in total. The monoisotopic (exact) mass is 156 g/mol. The van der Waals surface area contributed by atoms with Gasteiger partial charge in [-0.05, 0) is 13.0 Å². The quantitative estimate of drug-likeness (QED) is 0.349. The Labute approximate surface area is 66.3 Å². The standard InChI is InChI=1S/C8H12O3/c1-7(2)8(9)11-6-4-5-10-3/h4-5H,1,6H2,2-3H3. The first-order valence-electron chi connectivity index (χ1n) is 3.19. The minimum absolute atomic E-state index is 0.222. The number of carbonyl (C=O) groups is 1. The summed E-state index contributed by atoms with van der Waals surface area (Å²) in [6.07, 6.45) is 3.05. The van der Waals surface area contributed by atoms with Crippen LogP contribution in [0.25, 0.3) is 0 Å². The van der Waals surface area contributed by atoms with E-state index in [1.54, 1.807) is 13.0 Å². The van der Waals surface area contributed by atoms with Crippen LogP contribution in [0.1, 0.15) is 6.92 Å². The molecule has 0 saturated heterocycles. The van der Waals surface area contributed by atoms with Gasteiger partial charge in [-0.15, -0.1) is 0 Å². The minimum atomic E-state index is -0.384. The van der Waals surface area contributed by atoms with Crippen LogP contribution in [0.15, 0.2) is 24.5 Å². The van der Waals surface area contributed by atoms with Crippen molar-refractivity contribution in [2.45, 2.75) is 6.92 Å². The third kappa shape index (κ3) is 5.21. The van der Waals surface area contributed by atoms with Crippen LogP contribution < -0.4 is 0 Å². The van der Waals surface area contributed by atoms with Gasteiger partial charge in [0.2, 0.25) is 0 Å². The number of hydrogen-bond donors (Lipinski definition) is 0. The Bertz CT molecular complexity index is 170. The summed E-state index contributed by atoms with van der Waals surface area (Å²) in [5.74, 6) is -0.384. The van der Waals surface area contributed by atoms with Crippen LogP contribution in [-0.4, -0.2) is 19.7 Å². The lowest BCUT2D eigenvalue weighted by molar-refractivity contribution is -0.137. The summed E-state index contributed by atoms with van der Waals surface area (Å²) in [5.41, 5.74) is 0.399.